The number of anilines is 1. The Balaban J connectivity index is 0.000000717. The molecule has 2 saturated heterocycles. The summed E-state index contributed by atoms with van der Waals surface area (Å²) in [6.07, 6.45) is 7.21. The molecule has 0 aliphatic carbocycles. The number of allylic oxidation sites excluding steroid dienone is 2. The third-order valence-electron chi connectivity index (χ3n) is 6.86. The van der Waals surface area contributed by atoms with E-state index in [1.165, 1.54) is 6.08 Å². The summed E-state index contributed by atoms with van der Waals surface area (Å²) in [6.45, 7) is 5.95. The molecule has 4 atom stereocenters. The van der Waals surface area contributed by atoms with Crippen molar-refractivity contribution in [2.75, 3.05) is 19.4 Å². The molecule has 2 aliphatic rings. The lowest BCUT2D eigenvalue weighted by Crippen LogP contribution is -2.57. The van der Waals surface area contributed by atoms with Crippen LogP contribution in [0.5, 0.6) is 0 Å². The van der Waals surface area contributed by atoms with Gasteiger partial charge in [-0.3, -0.25) is 19.2 Å². The second kappa shape index (κ2) is 15.1. The number of aldehydes is 1. The van der Waals surface area contributed by atoms with E-state index in [0.717, 1.165) is 48.8 Å². The Hall–Kier alpha value is -3.20. The van der Waals surface area contributed by atoms with Crippen molar-refractivity contribution >= 4 is 29.7 Å². The first-order valence-electron chi connectivity index (χ1n) is 13.1. The largest absolute Gasteiger partial charge is 0.388 e. The highest BCUT2D eigenvalue weighted by Gasteiger charge is 2.43. The van der Waals surface area contributed by atoms with Crippen LogP contribution >= 0.6 is 0 Å². The molecule has 9 heteroatoms. The quantitative estimate of drug-likeness (QED) is 0.313. The Morgan fingerprint density at radius 3 is 2.46 bits per heavy atom. The summed E-state index contributed by atoms with van der Waals surface area (Å²) in [4.78, 5) is 50.1. The maximum absolute atomic E-state index is 13.4. The molecule has 4 N–H and O–H groups in total. The first-order valence-corrected chi connectivity index (χ1v) is 13.1. The lowest BCUT2D eigenvalue weighted by molar-refractivity contribution is -0.144. The van der Waals surface area contributed by atoms with Gasteiger partial charge in [-0.15, -0.1) is 0 Å². The summed E-state index contributed by atoms with van der Waals surface area (Å²) < 4.78 is 0. The number of carbonyl (C=O) groups is 4. The van der Waals surface area contributed by atoms with Crippen LogP contribution in [0.15, 0.2) is 35.9 Å². The van der Waals surface area contributed by atoms with E-state index < -0.39 is 12.1 Å². The zero-order valence-electron chi connectivity index (χ0n) is 22.8. The summed E-state index contributed by atoms with van der Waals surface area (Å²) in [5.41, 5.74) is 3.03. The Morgan fingerprint density at radius 2 is 1.84 bits per heavy atom. The summed E-state index contributed by atoms with van der Waals surface area (Å²) in [5, 5.41) is 11.9. The molecule has 2 heterocycles. The van der Waals surface area contributed by atoms with Crippen molar-refractivity contribution in [1.29, 1.82) is 0 Å². The van der Waals surface area contributed by atoms with E-state index in [1.54, 1.807) is 18.9 Å². The number of fused-ring (bicyclic) bond motifs is 1. The fourth-order valence-corrected chi connectivity index (χ4v) is 4.63. The van der Waals surface area contributed by atoms with Crippen molar-refractivity contribution in [2.24, 2.45) is 0 Å². The third kappa shape index (κ3) is 9.00. The topological polar surface area (TPSA) is 120 Å². The van der Waals surface area contributed by atoms with Crippen LogP contribution in [0.4, 0.5) is 5.69 Å². The second-order valence-corrected chi connectivity index (χ2v) is 9.90. The predicted molar refractivity (Wildman–Crippen MR) is 146 cm³/mol. The molecule has 37 heavy (non-hydrogen) atoms. The minimum atomic E-state index is -0.577. The van der Waals surface area contributed by atoms with Crippen LogP contribution in [0, 0.1) is 0 Å². The standard InChI is InChI=1S/C23H35N5O3.C5H8O/c1-15(24-2)21(29)27-19-10-5-4-9-18-11-12-20(28(18)23(19)31)22(30)26-14-16-7-6-8-17(13-16)25-3;1-5(2)3-4-6/h6-8,13,15,18-20,24-25H,4-5,9-12,14H2,1-3H3,(H,26,30)(H,27,29);3-4H,1-2H3. The van der Waals surface area contributed by atoms with Crippen molar-refractivity contribution in [1.82, 2.24) is 20.9 Å². The Labute approximate surface area is 220 Å². The molecule has 2 fully saturated rings. The van der Waals surface area contributed by atoms with E-state index in [4.69, 9.17) is 0 Å². The summed E-state index contributed by atoms with van der Waals surface area (Å²) >= 11 is 0. The molecule has 0 radical (unpaired) electrons. The van der Waals surface area contributed by atoms with Crippen LogP contribution in [0.3, 0.4) is 0 Å². The Kier molecular flexibility index (Phi) is 12.3. The molecular formula is C28H43N5O4. The molecule has 3 amide bonds. The normalized spacial score (nSPS) is 21.7. The van der Waals surface area contributed by atoms with Crippen molar-refractivity contribution in [2.45, 2.75) is 90.0 Å². The zero-order chi connectivity index (χ0) is 27.4. The highest BCUT2D eigenvalue weighted by molar-refractivity contribution is 5.93. The Bertz CT molecular complexity index is 960. The summed E-state index contributed by atoms with van der Waals surface area (Å²) in [7, 11) is 3.57. The molecule has 4 unspecified atom stereocenters. The molecule has 0 bridgehead atoms. The smallest absolute Gasteiger partial charge is 0.246 e. The molecule has 0 spiro atoms. The number of amides is 3. The SMILES string of the molecule is CC(C)=CC=O.CNc1cccc(CNC(=O)C2CCC3CCCCC(NC(=O)C(C)NC)C(=O)N32)c1. The van der Waals surface area contributed by atoms with Crippen LogP contribution in [0.1, 0.15) is 64.9 Å². The van der Waals surface area contributed by atoms with E-state index in [9.17, 15) is 19.2 Å². The van der Waals surface area contributed by atoms with E-state index in [-0.39, 0.29) is 29.8 Å². The fraction of sp³-hybridized carbons (Fsp3) is 0.571. The van der Waals surface area contributed by atoms with Gasteiger partial charge in [-0.1, -0.05) is 30.5 Å². The van der Waals surface area contributed by atoms with E-state index in [1.807, 2.05) is 45.2 Å². The number of hydrogen-bond acceptors (Lipinski definition) is 6. The van der Waals surface area contributed by atoms with Crippen molar-refractivity contribution in [3.8, 4) is 0 Å². The lowest BCUT2D eigenvalue weighted by Gasteiger charge is -2.35. The highest BCUT2D eigenvalue weighted by Crippen LogP contribution is 2.31. The molecule has 1 aromatic rings. The fourth-order valence-electron chi connectivity index (χ4n) is 4.63. The third-order valence-corrected chi connectivity index (χ3v) is 6.86. The predicted octanol–water partition coefficient (Wildman–Crippen LogP) is 2.52. The summed E-state index contributed by atoms with van der Waals surface area (Å²) in [5.74, 6) is -0.446. The molecule has 1 aromatic carbocycles. The van der Waals surface area contributed by atoms with E-state index in [0.29, 0.717) is 19.4 Å². The molecule has 204 valence electrons. The molecule has 0 saturated carbocycles. The lowest BCUT2D eigenvalue weighted by atomic mass is 9.98. The van der Waals surface area contributed by atoms with Crippen LogP contribution in [0.25, 0.3) is 0 Å². The van der Waals surface area contributed by atoms with Crippen LogP contribution in [-0.4, -0.2) is 67.2 Å². The summed E-state index contributed by atoms with van der Waals surface area (Å²) in [6, 6.07) is 6.50. The molecule has 9 nitrogen and oxygen atoms in total. The minimum Gasteiger partial charge on any atom is -0.388 e. The Morgan fingerprint density at radius 1 is 1.11 bits per heavy atom. The molecule has 0 aromatic heterocycles. The van der Waals surface area contributed by atoms with Gasteiger partial charge in [0.05, 0.1) is 6.04 Å². The number of hydrogen-bond donors (Lipinski definition) is 4. The minimum absolute atomic E-state index is 0.0669. The monoisotopic (exact) mass is 513 g/mol. The van der Waals surface area contributed by atoms with Crippen LogP contribution < -0.4 is 21.3 Å². The average Bonchev–Trinajstić information content (AvgIpc) is 3.30. The van der Waals surface area contributed by atoms with Gasteiger partial charge in [0.25, 0.3) is 0 Å². The van der Waals surface area contributed by atoms with Crippen LogP contribution in [0.2, 0.25) is 0 Å². The maximum Gasteiger partial charge on any atom is 0.246 e. The second-order valence-electron chi connectivity index (χ2n) is 9.90. The maximum atomic E-state index is 13.4. The van der Waals surface area contributed by atoms with Gasteiger partial charge in [0.15, 0.2) is 0 Å². The van der Waals surface area contributed by atoms with Gasteiger partial charge in [-0.25, -0.2) is 0 Å². The number of benzene rings is 1. The number of carbonyl (C=O) groups excluding carboxylic acids is 4. The number of nitrogens with one attached hydrogen (secondary N) is 4. The van der Waals surface area contributed by atoms with Gasteiger partial charge in [0.1, 0.15) is 18.4 Å². The molecular weight excluding hydrogens is 470 g/mol. The zero-order valence-corrected chi connectivity index (χ0v) is 22.8. The average molecular weight is 514 g/mol. The first kappa shape index (κ1) is 30.0. The van der Waals surface area contributed by atoms with Gasteiger partial charge >= 0.3 is 0 Å². The highest BCUT2D eigenvalue weighted by atomic mass is 16.2. The first-order chi connectivity index (χ1) is 17.7. The van der Waals surface area contributed by atoms with Crippen molar-refractivity contribution in [3.05, 3.63) is 41.5 Å². The van der Waals surface area contributed by atoms with Gasteiger partial charge in [-0.05, 0) is 77.3 Å². The molecule has 3 rings (SSSR count). The van der Waals surface area contributed by atoms with Crippen molar-refractivity contribution in [3.63, 3.8) is 0 Å². The van der Waals surface area contributed by atoms with Crippen molar-refractivity contribution < 1.29 is 19.2 Å². The number of rotatable bonds is 8. The van der Waals surface area contributed by atoms with Gasteiger partial charge in [0, 0.05) is 25.3 Å². The van der Waals surface area contributed by atoms with Crippen LogP contribution in [-0.2, 0) is 25.7 Å². The molecule has 2 aliphatic heterocycles. The van der Waals surface area contributed by atoms with E-state index >= 15 is 0 Å². The number of nitrogens with zero attached hydrogens (tertiary/aromatic N) is 1. The number of likely N-dealkylation sites (N-methyl/N-ethyl adjacent to an activating group) is 1. The van der Waals surface area contributed by atoms with Gasteiger partial charge < -0.3 is 26.2 Å². The van der Waals surface area contributed by atoms with Gasteiger partial charge in [0.2, 0.25) is 17.7 Å². The van der Waals surface area contributed by atoms with Gasteiger partial charge in [-0.2, -0.15) is 0 Å². The van der Waals surface area contributed by atoms with E-state index in [2.05, 4.69) is 21.3 Å².